The van der Waals surface area contributed by atoms with Crippen molar-refractivity contribution in [2.45, 2.75) is 0 Å². The minimum absolute atomic E-state index is 0.209. The summed E-state index contributed by atoms with van der Waals surface area (Å²) >= 11 is 13.9. The Hall–Kier alpha value is -0.0205. The second kappa shape index (κ2) is 3.59. The zero-order chi connectivity index (χ0) is 8.43. The van der Waals surface area contributed by atoms with Gasteiger partial charge in [0.15, 0.2) is 0 Å². The Morgan fingerprint density at radius 2 is 1.73 bits per heavy atom. The van der Waals surface area contributed by atoms with Crippen LogP contribution in [0.15, 0.2) is 0 Å². The van der Waals surface area contributed by atoms with Gasteiger partial charge in [-0.25, -0.2) is 0 Å². The van der Waals surface area contributed by atoms with Gasteiger partial charge in [0, 0.05) is 0 Å². The van der Waals surface area contributed by atoms with Crippen LogP contribution < -0.4 is 9.46 Å². The van der Waals surface area contributed by atoms with Crippen LogP contribution in [0.3, 0.4) is 0 Å². The molecule has 0 aliphatic carbocycles. The van der Waals surface area contributed by atoms with Crippen molar-refractivity contribution in [2.75, 3.05) is 7.11 Å². The number of hydrogen-bond acceptors (Lipinski definition) is 3. The molecular formula is C5H3Cl2N2OSe. The van der Waals surface area contributed by atoms with E-state index in [-0.39, 0.29) is 10.3 Å². The van der Waals surface area contributed by atoms with Gasteiger partial charge in [-0.1, -0.05) is 0 Å². The Labute approximate surface area is 81.9 Å². The second-order valence-corrected chi connectivity index (χ2v) is 3.10. The molecule has 0 aliphatic rings. The third-order valence-electron chi connectivity index (χ3n) is 0.966. The van der Waals surface area contributed by atoms with Gasteiger partial charge < -0.3 is 0 Å². The molecule has 0 aliphatic heterocycles. The maximum atomic E-state index is 5.65. The normalized spacial score (nSPS) is 9.73. The summed E-state index contributed by atoms with van der Waals surface area (Å²) in [5, 5.41) is 0.419. The van der Waals surface area contributed by atoms with E-state index in [1.165, 1.54) is 7.11 Å². The van der Waals surface area contributed by atoms with E-state index in [0.717, 1.165) is 0 Å². The molecule has 11 heavy (non-hydrogen) atoms. The maximum absolute atomic E-state index is 5.65. The van der Waals surface area contributed by atoms with Gasteiger partial charge in [-0.3, -0.25) is 0 Å². The van der Waals surface area contributed by atoms with E-state index in [9.17, 15) is 0 Å². The van der Waals surface area contributed by atoms with Crippen molar-refractivity contribution in [3.63, 3.8) is 0 Å². The molecule has 0 saturated carbocycles. The Bertz CT molecular complexity index is 258. The van der Waals surface area contributed by atoms with Gasteiger partial charge in [0.1, 0.15) is 0 Å². The molecule has 1 heterocycles. The van der Waals surface area contributed by atoms with Crippen molar-refractivity contribution in [1.82, 2.24) is 9.97 Å². The molecule has 1 radical (unpaired) electrons. The molecule has 6 heteroatoms. The van der Waals surface area contributed by atoms with Crippen LogP contribution >= 0.6 is 23.2 Å². The number of hydrogen-bond donors (Lipinski definition) is 0. The van der Waals surface area contributed by atoms with Crippen LogP contribution in [0.5, 0.6) is 5.75 Å². The molecular weight excluding hydrogens is 254 g/mol. The molecule has 0 N–H and O–H groups in total. The first-order chi connectivity index (χ1) is 5.15. The van der Waals surface area contributed by atoms with Crippen LogP contribution in [0, 0.1) is 0 Å². The second-order valence-electron chi connectivity index (χ2n) is 1.62. The molecule has 0 unspecified atom stereocenters. The van der Waals surface area contributed by atoms with E-state index in [4.69, 9.17) is 27.9 Å². The molecule has 1 aromatic rings. The van der Waals surface area contributed by atoms with Crippen LogP contribution in [-0.4, -0.2) is 33.1 Å². The number of nitrogens with zero attached hydrogens (tertiary/aromatic N) is 2. The first-order valence-electron chi connectivity index (χ1n) is 2.59. The van der Waals surface area contributed by atoms with Crippen LogP contribution in [-0.2, 0) is 0 Å². The first-order valence-corrected chi connectivity index (χ1v) is 4.20. The molecule has 0 saturated heterocycles. The third kappa shape index (κ3) is 1.97. The van der Waals surface area contributed by atoms with Gasteiger partial charge in [0.2, 0.25) is 0 Å². The summed E-state index contributed by atoms with van der Waals surface area (Å²) < 4.78 is 5.23. The van der Waals surface area contributed by atoms with E-state index >= 15 is 0 Å². The monoisotopic (exact) mass is 257 g/mol. The van der Waals surface area contributed by atoms with Gasteiger partial charge in [-0.15, -0.1) is 0 Å². The molecule has 0 bridgehead atoms. The fourth-order valence-electron chi connectivity index (χ4n) is 0.548. The molecule has 59 valence electrons. The Morgan fingerprint density at radius 3 is 2.09 bits per heavy atom. The summed E-state index contributed by atoms with van der Waals surface area (Å²) in [6.07, 6.45) is 0. The Kier molecular flexibility index (Phi) is 2.96. The van der Waals surface area contributed by atoms with Gasteiger partial charge in [0.05, 0.1) is 0 Å². The van der Waals surface area contributed by atoms with Crippen molar-refractivity contribution in [3.05, 3.63) is 10.3 Å². The van der Waals surface area contributed by atoms with Crippen molar-refractivity contribution in [1.29, 1.82) is 0 Å². The zero-order valence-electron chi connectivity index (χ0n) is 5.47. The standard InChI is InChI=1S/C5H3Cl2N2OSe/c1-10-2-3(6)8-5(11)9-4(2)7/h1H3. The van der Waals surface area contributed by atoms with Crippen molar-refractivity contribution < 1.29 is 4.74 Å². The topological polar surface area (TPSA) is 35.0 Å². The summed E-state index contributed by atoms with van der Waals surface area (Å²) in [6.45, 7) is 0. The number of ether oxygens (including phenoxy) is 1. The fourth-order valence-corrected chi connectivity index (χ4v) is 1.70. The van der Waals surface area contributed by atoms with Crippen LogP contribution in [0.1, 0.15) is 0 Å². The number of aromatic nitrogens is 2. The van der Waals surface area contributed by atoms with Crippen molar-refractivity contribution in [3.8, 4) is 5.75 Å². The van der Waals surface area contributed by atoms with Gasteiger partial charge in [-0.05, 0) is 0 Å². The quantitative estimate of drug-likeness (QED) is 0.545. The number of rotatable bonds is 1. The van der Waals surface area contributed by atoms with E-state index in [2.05, 4.69) is 26.0 Å². The summed E-state index contributed by atoms with van der Waals surface area (Å²) in [5.74, 6) is 0.298. The van der Waals surface area contributed by atoms with E-state index in [0.29, 0.717) is 10.5 Å². The molecule has 0 amide bonds. The summed E-state index contributed by atoms with van der Waals surface area (Å²) in [4.78, 5) is 7.59. The minimum atomic E-state index is 0.209. The van der Waals surface area contributed by atoms with Gasteiger partial charge in [0.25, 0.3) is 0 Å². The predicted molar refractivity (Wildman–Crippen MR) is 44.0 cm³/mol. The molecule has 0 atom stereocenters. The summed E-state index contributed by atoms with van der Waals surface area (Å²) in [5.41, 5.74) is 0. The van der Waals surface area contributed by atoms with Crippen molar-refractivity contribution >= 4 is 43.9 Å². The van der Waals surface area contributed by atoms with Crippen molar-refractivity contribution in [2.24, 2.45) is 0 Å². The van der Waals surface area contributed by atoms with E-state index in [1.807, 2.05) is 0 Å². The summed E-state index contributed by atoms with van der Waals surface area (Å²) in [6, 6.07) is 0. The van der Waals surface area contributed by atoms with Gasteiger partial charge >= 0.3 is 81.8 Å². The number of halogens is 2. The zero-order valence-corrected chi connectivity index (χ0v) is 8.69. The molecule has 0 fully saturated rings. The summed E-state index contributed by atoms with van der Waals surface area (Å²) in [7, 11) is 1.45. The average Bonchev–Trinajstić information content (AvgIpc) is 1.85. The SMILES string of the molecule is COc1c(Cl)nc([Se])nc1Cl. The number of methoxy groups -OCH3 is 1. The molecule has 1 rings (SSSR count). The Balaban J connectivity index is 3.25. The van der Waals surface area contributed by atoms with E-state index < -0.39 is 0 Å². The predicted octanol–water partition coefficient (Wildman–Crippen LogP) is 0.586. The van der Waals surface area contributed by atoms with E-state index in [1.54, 1.807) is 0 Å². The molecule has 1 aromatic heterocycles. The van der Waals surface area contributed by atoms with Gasteiger partial charge in [-0.2, -0.15) is 0 Å². The van der Waals surface area contributed by atoms with Crippen LogP contribution in [0.2, 0.25) is 10.3 Å². The first kappa shape index (κ1) is 9.07. The molecule has 3 nitrogen and oxygen atoms in total. The molecule has 0 spiro atoms. The van der Waals surface area contributed by atoms with Crippen LogP contribution in [0.25, 0.3) is 0 Å². The third-order valence-corrected chi connectivity index (χ3v) is 1.86. The average molecular weight is 257 g/mol. The fraction of sp³-hybridized carbons (Fsp3) is 0.200. The molecule has 0 aromatic carbocycles. The Morgan fingerprint density at radius 1 is 1.27 bits per heavy atom. The van der Waals surface area contributed by atoms with Crippen LogP contribution in [0.4, 0.5) is 0 Å².